The van der Waals surface area contributed by atoms with E-state index in [4.69, 9.17) is 5.11 Å². The second-order valence-corrected chi connectivity index (χ2v) is 7.80. The molecule has 0 saturated heterocycles. The Hall–Kier alpha value is -1.73. The third kappa shape index (κ3) is 5.57. The summed E-state index contributed by atoms with van der Waals surface area (Å²) in [5, 5.41) is 8.47. The van der Waals surface area contributed by atoms with Gasteiger partial charge in [0.2, 0.25) is 10.0 Å². The SMILES string of the molecule is CC(C)(C)c1ccc(S(=O)(=O)NCC(=O)CCC(=O)O)cc1. The lowest BCUT2D eigenvalue weighted by Crippen LogP contribution is -2.29. The van der Waals surface area contributed by atoms with Crippen LogP contribution in [0.3, 0.4) is 0 Å². The molecular weight excluding hydrogens is 306 g/mol. The summed E-state index contributed by atoms with van der Waals surface area (Å²) in [5.41, 5.74) is 0.923. The zero-order valence-corrected chi connectivity index (χ0v) is 13.7. The molecule has 122 valence electrons. The van der Waals surface area contributed by atoms with Crippen LogP contribution in [-0.2, 0) is 25.0 Å². The zero-order valence-electron chi connectivity index (χ0n) is 12.9. The number of ketones is 1. The molecule has 0 amide bonds. The van der Waals surface area contributed by atoms with Crippen molar-refractivity contribution in [3.63, 3.8) is 0 Å². The molecular formula is C15H21NO5S. The molecule has 22 heavy (non-hydrogen) atoms. The number of carbonyl (C=O) groups excluding carboxylic acids is 1. The van der Waals surface area contributed by atoms with E-state index in [2.05, 4.69) is 4.72 Å². The minimum Gasteiger partial charge on any atom is -0.481 e. The van der Waals surface area contributed by atoms with Crippen LogP contribution in [0.1, 0.15) is 39.2 Å². The van der Waals surface area contributed by atoms with Gasteiger partial charge in [-0.25, -0.2) is 13.1 Å². The summed E-state index contributed by atoms with van der Waals surface area (Å²) >= 11 is 0. The van der Waals surface area contributed by atoms with E-state index < -0.39 is 28.3 Å². The average molecular weight is 327 g/mol. The third-order valence-corrected chi connectivity index (χ3v) is 4.52. The Morgan fingerprint density at radius 1 is 1.09 bits per heavy atom. The molecule has 0 aliphatic heterocycles. The lowest BCUT2D eigenvalue weighted by Gasteiger charge is -2.19. The summed E-state index contributed by atoms with van der Waals surface area (Å²) in [6.07, 6.45) is -0.498. The molecule has 0 saturated carbocycles. The standard InChI is InChI=1S/C15H21NO5S/c1-15(2,3)11-4-7-13(8-5-11)22(20,21)16-10-12(17)6-9-14(18)19/h4-5,7-8,16H,6,9-10H2,1-3H3,(H,18,19). The Balaban J connectivity index is 2.71. The third-order valence-electron chi connectivity index (χ3n) is 3.11. The van der Waals surface area contributed by atoms with Crippen molar-refractivity contribution in [2.24, 2.45) is 0 Å². The van der Waals surface area contributed by atoms with Gasteiger partial charge < -0.3 is 5.11 Å². The number of carbonyl (C=O) groups is 2. The fraction of sp³-hybridized carbons (Fsp3) is 0.467. The first kappa shape index (κ1) is 18.3. The maximum Gasteiger partial charge on any atom is 0.303 e. The molecule has 0 aliphatic carbocycles. The molecule has 1 aromatic carbocycles. The maximum atomic E-state index is 12.1. The first-order chi connectivity index (χ1) is 10.0. The predicted molar refractivity (Wildman–Crippen MR) is 82.2 cm³/mol. The van der Waals surface area contributed by atoms with Crippen molar-refractivity contribution in [3.8, 4) is 0 Å². The fourth-order valence-corrected chi connectivity index (χ4v) is 2.74. The zero-order chi connectivity index (χ0) is 17.0. The van der Waals surface area contributed by atoms with Gasteiger partial charge in [-0.1, -0.05) is 32.9 Å². The van der Waals surface area contributed by atoms with Crippen LogP contribution in [0.15, 0.2) is 29.2 Å². The minimum atomic E-state index is -3.77. The lowest BCUT2D eigenvalue weighted by molar-refractivity contribution is -0.138. The molecule has 0 heterocycles. The number of carboxylic acid groups (broad SMARTS) is 1. The maximum absolute atomic E-state index is 12.1. The minimum absolute atomic E-state index is 0.0755. The molecule has 0 bridgehead atoms. The van der Waals surface area contributed by atoms with Crippen molar-refractivity contribution >= 4 is 21.8 Å². The normalized spacial score (nSPS) is 12.1. The molecule has 7 heteroatoms. The van der Waals surface area contributed by atoms with Crippen LogP contribution in [0.2, 0.25) is 0 Å². The van der Waals surface area contributed by atoms with Gasteiger partial charge in [-0.2, -0.15) is 0 Å². The molecule has 2 N–H and O–H groups in total. The molecule has 0 fully saturated rings. The smallest absolute Gasteiger partial charge is 0.303 e. The number of Topliss-reactive ketones (excluding diaryl/α,β-unsaturated/α-hetero) is 1. The van der Waals surface area contributed by atoms with Crippen molar-refractivity contribution in [1.29, 1.82) is 0 Å². The highest BCUT2D eigenvalue weighted by Gasteiger charge is 2.18. The van der Waals surface area contributed by atoms with Crippen LogP contribution >= 0.6 is 0 Å². The largest absolute Gasteiger partial charge is 0.481 e. The van der Waals surface area contributed by atoms with Gasteiger partial charge in [0.15, 0.2) is 0 Å². The molecule has 1 rings (SSSR count). The highest BCUT2D eigenvalue weighted by atomic mass is 32.2. The van der Waals surface area contributed by atoms with E-state index in [1.807, 2.05) is 20.8 Å². The Morgan fingerprint density at radius 2 is 1.64 bits per heavy atom. The Kier molecular flexibility index (Phi) is 5.85. The second kappa shape index (κ2) is 7.02. The second-order valence-electron chi connectivity index (χ2n) is 6.03. The van der Waals surface area contributed by atoms with Gasteiger partial charge in [0.25, 0.3) is 0 Å². The Bertz CT molecular complexity index is 642. The van der Waals surface area contributed by atoms with E-state index in [9.17, 15) is 18.0 Å². The van der Waals surface area contributed by atoms with E-state index in [1.54, 1.807) is 12.1 Å². The van der Waals surface area contributed by atoms with Crippen LogP contribution in [0.4, 0.5) is 0 Å². The number of hydrogen-bond donors (Lipinski definition) is 2. The summed E-state index contributed by atoms with van der Waals surface area (Å²) in [5.74, 6) is -1.55. The van der Waals surface area contributed by atoms with Gasteiger partial charge in [0.05, 0.1) is 17.9 Å². The number of carboxylic acids is 1. The number of aliphatic carboxylic acids is 1. The van der Waals surface area contributed by atoms with E-state index in [1.165, 1.54) is 12.1 Å². The van der Waals surface area contributed by atoms with Crippen LogP contribution in [0.5, 0.6) is 0 Å². The first-order valence-electron chi connectivity index (χ1n) is 6.86. The highest BCUT2D eigenvalue weighted by molar-refractivity contribution is 7.89. The van der Waals surface area contributed by atoms with Crippen molar-refractivity contribution in [2.75, 3.05) is 6.54 Å². The first-order valence-corrected chi connectivity index (χ1v) is 8.34. The van der Waals surface area contributed by atoms with Gasteiger partial charge in [-0.15, -0.1) is 0 Å². The van der Waals surface area contributed by atoms with Gasteiger partial charge in [-0.3, -0.25) is 9.59 Å². The predicted octanol–water partition coefficient (Wildman–Crippen LogP) is 1.70. The summed E-state index contributed by atoms with van der Waals surface area (Å²) in [6.45, 7) is 5.66. The molecule has 0 aliphatic rings. The topological polar surface area (TPSA) is 101 Å². The van der Waals surface area contributed by atoms with Crippen LogP contribution in [-0.4, -0.2) is 31.8 Å². The van der Waals surface area contributed by atoms with E-state index in [0.29, 0.717) is 0 Å². The van der Waals surface area contributed by atoms with Gasteiger partial charge in [0, 0.05) is 6.42 Å². The van der Waals surface area contributed by atoms with E-state index in [-0.39, 0.29) is 23.2 Å². The molecule has 6 nitrogen and oxygen atoms in total. The summed E-state index contributed by atoms with van der Waals surface area (Å²) < 4.78 is 26.3. The van der Waals surface area contributed by atoms with Crippen molar-refractivity contribution < 1.29 is 23.1 Å². The lowest BCUT2D eigenvalue weighted by atomic mass is 9.87. The summed E-state index contributed by atoms with van der Waals surface area (Å²) in [7, 11) is -3.77. The molecule has 0 aromatic heterocycles. The van der Waals surface area contributed by atoms with Gasteiger partial charge >= 0.3 is 5.97 Å². The fourth-order valence-electron chi connectivity index (χ4n) is 1.73. The van der Waals surface area contributed by atoms with E-state index >= 15 is 0 Å². The number of sulfonamides is 1. The van der Waals surface area contributed by atoms with Crippen molar-refractivity contribution in [1.82, 2.24) is 4.72 Å². The molecule has 0 atom stereocenters. The summed E-state index contributed by atoms with van der Waals surface area (Å²) in [4.78, 5) is 21.8. The quantitative estimate of drug-likeness (QED) is 0.794. The van der Waals surface area contributed by atoms with Crippen LogP contribution in [0.25, 0.3) is 0 Å². The van der Waals surface area contributed by atoms with Crippen LogP contribution < -0.4 is 4.72 Å². The number of rotatable bonds is 7. The Labute approximate surface area is 130 Å². The highest BCUT2D eigenvalue weighted by Crippen LogP contribution is 2.23. The monoisotopic (exact) mass is 327 g/mol. The molecule has 0 radical (unpaired) electrons. The number of nitrogens with one attached hydrogen (secondary N) is 1. The average Bonchev–Trinajstić information content (AvgIpc) is 2.42. The molecule has 0 unspecified atom stereocenters. The van der Waals surface area contributed by atoms with Crippen molar-refractivity contribution in [2.45, 2.75) is 43.9 Å². The molecule has 1 aromatic rings. The van der Waals surface area contributed by atoms with Gasteiger partial charge in [-0.05, 0) is 23.1 Å². The van der Waals surface area contributed by atoms with Crippen LogP contribution in [0, 0.1) is 0 Å². The summed E-state index contributed by atoms with van der Waals surface area (Å²) in [6, 6.07) is 6.46. The number of benzene rings is 1. The van der Waals surface area contributed by atoms with E-state index in [0.717, 1.165) is 5.56 Å². The Morgan fingerprint density at radius 3 is 2.09 bits per heavy atom. The molecule has 0 spiro atoms. The van der Waals surface area contributed by atoms with Crippen molar-refractivity contribution in [3.05, 3.63) is 29.8 Å². The van der Waals surface area contributed by atoms with Gasteiger partial charge in [0.1, 0.15) is 5.78 Å². The number of hydrogen-bond acceptors (Lipinski definition) is 4.